The number of ketones is 1. The second-order valence-electron chi connectivity index (χ2n) is 9.20. The Morgan fingerprint density at radius 2 is 1.23 bits per heavy atom. The zero-order valence-electron chi connectivity index (χ0n) is 21.2. The van der Waals surface area contributed by atoms with Crippen LogP contribution in [0.15, 0.2) is 66.7 Å². The highest BCUT2D eigenvalue weighted by molar-refractivity contribution is 6.11. The molecule has 0 saturated heterocycles. The molecule has 0 aliphatic rings. The molecule has 0 bridgehead atoms. The Labute approximate surface area is 209 Å². The molecule has 0 fully saturated rings. The maximum absolute atomic E-state index is 12.1. The van der Waals surface area contributed by atoms with Crippen LogP contribution in [0.4, 0.5) is 0 Å². The molecule has 0 heterocycles. The lowest BCUT2D eigenvalue weighted by Gasteiger charge is -2.20. The summed E-state index contributed by atoms with van der Waals surface area (Å²) in [6.45, 7) is 7.38. The SMILES string of the molecule is CCCCCOc1ccc2ccccc2c1-c1c(OCCCCC)ccc2cc(C(C)=O)ccc12. The number of hydrogen-bond donors (Lipinski definition) is 0. The van der Waals surface area contributed by atoms with E-state index in [1.807, 2.05) is 12.1 Å². The molecule has 0 amide bonds. The molecule has 4 aromatic carbocycles. The fourth-order valence-corrected chi connectivity index (χ4v) is 4.61. The molecule has 0 aromatic heterocycles. The van der Waals surface area contributed by atoms with Gasteiger partial charge in [-0.05, 0) is 59.5 Å². The summed E-state index contributed by atoms with van der Waals surface area (Å²) in [7, 11) is 0. The Bertz CT molecular complexity index is 1310. The fourth-order valence-electron chi connectivity index (χ4n) is 4.61. The van der Waals surface area contributed by atoms with Crippen molar-refractivity contribution in [2.24, 2.45) is 0 Å². The molecule has 4 rings (SSSR count). The zero-order chi connectivity index (χ0) is 24.6. The molecule has 0 aliphatic carbocycles. The van der Waals surface area contributed by atoms with Crippen LogP contribution in [0.25, 0.3) is 32.7 Å². The van der Waals surface area contributed by atoms with Crippen LogP contribution in [0.5, 0.6) is 11.5 Å². The zero-order valence-corrected chi connectivity index (χ0v) is 21.2. The van der Waals surface area contributed by atoms with Crippen LogP contribution < -0.4 is 9.47 Å². The highest BCUT2D eigenvalue weighted by Gasteiger charge is 2.19. The third-order valence-electron chi connectivity index (χ3n) is 6.54. The van der Waals surface area contributed by atoms with E-state index in [1.165, 1.54) is 0 Å². The van der Waals surface area contributed by atoms with Gasteiger partial charge in [0.1, 0.15) is 11.5 Å². The summed E-state index contributed by atoms with van der Waals surface area (Å²) in [6, 6.07) is 22.7. The van der Waals surface area contributed by atoms with E-state index < -0.39 is 0 Å². The van der Waals surface area contributed by atoms with Crippen LogP contribution in [0, 0.1) is 0 Å². The van der Waals surface area contributed by atoms with Gasteiger partial charge in [0.05, 0.1) is 13.2 Å². The Kier molecular flexibility index (Phi) is 8.41. The van der Waals surface area contributed by atoms with Crippen LogP contribution in [-0.2, 0) is 0 Å². The molecular weight excluding hydrogens is 432 g/mol. The van der Waals surface area contributed by atoms with Gasteiger partial charge in [-0.15, -0.1) is 0 Å². The van der Waals surface area contributed by atoms with Crippen LogP contribution >= 0.6 is 0 Å². The normalized spacial score (nSPS) is 11.2. The minimum Gasteiger partial charge on any atom is -0.493 e. The lowest BCUT2D eigenvalue weighted by atomic mass is 9.91. The van der Waals surface area contributed by atoms with E-state index in [2.05, 4.69) is 68.4 Å². The summed E-state index contributed by atoms with van der Waals surface area (Å²) in [5.74, 6) is 1.80. The predicted octanol–water partition coefficient (Wildman–Crippen LogP) is 9.00. The first-order chi connectivity index (χ1) is 17.1. The van der Waals surface area contributed by atoms with Crippen LogP contribution in [0.3, 0.4) is 0 Å². The van der Waals surface area contributed by atoms with E-state index in [4.69, 9.17) is 9.47 Å². The minimum absolute atomic E-state index is 0.0680. The third-order valence-corrected chi connectivity index (χ3v) is 6.54. The first kappa shape index (κ1) is 24.8. The number of rotatable bonds is 12. The Hall–Kier alpha value is -3.33. The maximum Gasteiger partial charge on any atom is 0.159 e. The number of benzene rings is 4. The van der Waals surface area contributed by atoms with Crippen molar-refractivity contribution in [3.63, 3.8) is 0 Å². The van der Waals surface area contributed by atoms with E-state index >= 15 is 0 Å². The maximum atomic E-state index is 12.1. The van der Waals surface area contributed by atoms with Gasteiger partial charge in [0.25, 0.3) is 0 Å². The smallest absolute Gasteiger partial charge is 0.159 e. The molecule has 0 atom stereocenters. The molecule has 0 aliphatic heterocycles. The summed E-state index contributed by atoms with van der Waals surface area (Å²) in [5.41, 5.74) is 2.82. The Morgan fingerprint density at radius 3 is 1.83 bits per heavy atom. The molecule has 3 heteroatoms. The molecule has 0 radical (unpaired) electrons. The average Bonchev–Trinajstić information content (AvgIpc) is 2.88. The van der Waals surface area contributed by atoms with Crippen molar-refractivity contribution in [3.8, 4) is 22.6 Å². The quantitative estimate of drug-likeness (QED) is 0.154. The molecule has 3 nitrogen and oxygen atoms in total. The topological polar surface area (TPSA) is 35.5 Å². The number of unbranched alkanes of at least 4 members (excludes halogenated alkanes) is 4. The molecule has 182 valence electrons. The number of ether oxygens (including phenoxy) is 2. The summed E-state index contributed by atoms with van der Waals surface area (Å²) in [6.07, 6.45) is 6.65. The number of carbonyl (C=O) groups is 1. The number of hydrogen-bond acceptors (Lipinski definition) is 3. The second kappa shape index (κ2) is 11.9. The van der Waals surface area contributed by atoms with Gasteiger partial charge >= 0.3 is 0 Å². The van der Waals surface area contributed by atoms with Gasteiger partial charge in [-0.3, -0.25) is 4.79 Å². The van der Waals surface area contributed by atoms with Gasteiger partial charge in [0.2, 0.25) is 0 Å². The van der Waals surface area contributed by atoms with Crippen molar-refractivity contribution in [1.82, 2.24) is 0 Å². The van der Waals surface area contributed by atoms with Crippen molar-refractivity contribution in [1.29, 1.82) is 0 Å². The van der Waals surface area contributed by atoms with Gasteiger partial charge in [0.15, 0.2) is 5.78 Å². The first-order valence-corrected chi connectivity index (χ1v) is 13.0. The van der Waals surface area contributed by atoms with Gasteiger partial charge < -0.3 is 9.47 Å². The summed E-state index contributed by atoms with van der Waals surface area (Å²) >= 11 is 0. The van der Waals surface area contributed by atoms with E-state index in [0.29, 0.717) is 18.8 Å². The van der Waals surface area contributed by atoms with Crippen molar-refractivity contribution in [2.75, 3.05) is 13.2 Å². The molecule has 4 aromatic rings. The predicted molar refractivity (Wildman–Crippen MR) is 147 cm³/mol. The Balaban J connectivity index is 1.93. The lowest BCUT2D eigenvalue weighted by Crippen LogP contribution is -2.03. The highest BCUT2D eigenvalue weighted by Crippen LogP contribution is 2.45. The van der Waals surface area contributed by atoms with Crippen LogP contribution in [-0.4, -0.2) is 19.0 Å². The number of fused-ring (bicyclic) bond motifs is 2. The molecular formula is C32H36O3. The first-order valence-electron chi connectivity index (χ1n) is 13.0. The second-order valence-corrected chi connectivity index (χ2v) is 9.20. The summed E-state index contributed by atoms with van der Waals surface area (Å²) in [4.78, 5) is 12.1. The van der Waals surface area contributed by atoms with E-state index in [-0.39, 0.29) is 5.78 Å². The van der Waals surface area contributed by atoms with Crippen molar-refractivity contribution >= 4 is 27.3 Å². The van der Waals surface area contributed by atoms with Gasteiger partial charge in [0, 0.05) is 16.7 Å². The molecule has 0 unspecified atom stereocenters. The number of carbonyl (C=O) groups excluding carboxylic acids is 1. The minimum atomic E-state index is 0.0680. The third kappa shape index (κ3) is 5.67. The van der Waals surface area contributed by atoms with Crippen molar-refractivity contribution in [3.05, 3.63) is 72.3 Å². The number of Topliss-reactive ketones (excluding diaryl/α,β-unsaturated/α-hetero) is 1. The van der Waals surface area contributed by atoms with Gasteiger partial charge in [-0.1, -0.05) is 88.1 Å². The van der Waals surface area contributed by atoms with Gasteiger partial charge in [-0.25, -0.2) is 0 Å². The van der Waals surface area contributed by atoms with E-state index in [1.54, 1.807) is 6.92 Å². The van der Waals surface area contributed by atoms with E-state index in [9.17, 15) is 4.79 Å². The van der Waals surface area contributed by atoms with E-state index in [0.717, 1.165) is 82.7 Å². The monoisotopic (exact) mass is 468 g/mol. The molecule has 0 saturated carbocycles. The van der Waals surface area contributed by atoms with Crippen molar-refractivity contribution in [2.45, 2.75) is 59.3 Å². The van der Waals surface area contributed by atoms with Crippen LogP contribution in [0.2, 0.25) is 0 Å². The summed E-state index contributed by atoms with van der Waals surface area (Å²) in [5, 5.41) is 4.40. The van der Waals surface area contributed by atoms with Crippen molar-refractivity contribution < 1.29 is 14.3 Å². The Morgan fingerprint density at radius 1 is 0.657 bits per heavy atom. The molecule has 0 N–H and O–H groups in total. The van der Waals surface area contributed by atoms with Crippen LogP contribution in [0.1, 0.15) is 69.7 Å². The van der Waals surface area contributed by atoms with Gasteiger partial charge in [-0.2, -0.15) is 0 Å². The average molecular weight is 469 g/mol. The largest absolute Gasteiger partial charge is 0.493 e. The molecule has 35 heavy (non-hydrogen) atoms. The molecule has 0 spiro atoms. The highest BCUT2D eigenvalue weighted by atomic mass is 16.5. The lowest BCUT2D eigenvalue weighted by molar-refractivity contribution is 0.101. The summed E-state index contributed by atoms with van der Waals surface area (Å²) < 4.78 is 12.8. The standard InChI is InChI=1S/C32H36O3/c1-4-6-10-20-34-29-18-15-24-12-8-9-13-27(24)31(29)32-28-17-14-25(23(3)33)22-26(28)16-19-30(32)35-21-11-7-5-2/h8-9,12-19,22H,4-7,10-11,20-21H2,1-3H3. The fraction of sp³-hybridized carbons (Fsp3) is 0.344.